The Bertz CT molecular complexity index is 1110. The van der Waals surface area contributed by atoms with Crippen LogP contribution in [0.2, 0.25) is 10.0 Å². The van der Waals surface area contributed by atoms with Gasteiger partial charge in [-0.25, -0.2) is 12.8 Å². The maximum atomic E-state index is 14.5. The van der Waals surface area contributed by atoms with Crippen molar-refractivity contribution in [1.29, 1.82) is 5.26 Å². The first-order valence-corrected chi connectivity index (χ1v) is 10.0. The monoisotopic (exact) mass is 452 g/mol. The molecule has 0 unspecified atom stereocenters. The lowest BCUT2D eigenvalue weighted by atomic mass is 10.00. The van der Waals surface area contributed by atoms with E-state index in [9.17, 15) is 31.2 Å². The summed E-state index contributed by atoms with van der Waals surface area (Å²) in [6.07, 6.45) is 1.08. The highest BCUT2D eigenvalue weighted by Crippen LogP contribution is 2.43. The van der Waals surface area contributed by atoms with Crippen LogP contribution in [0.25, 0.3) is 0 Å². The third-order valence-electron chi connectivity index (χ3n) is 4.29. The zero-order chi connectivity index (χ0) is 20.9. The molecule has 148 valence electrons. The molecule has 0 saturated carbocycles. The predicted octanol–water partition coefficient (Wildman–Crippen LogP) is 5.38. The summed E-state index contributed by atoms with van der Waals surface area (Å²) in [5.41, 5.74) is -5.71. The second-order valence-electron chi connectivity index (χ2n) is 5.98. The van der Waals surface area contributed by atoms with E-state index in [2.05, 4.69) is 0 Å². The van der Waals surface area contributed by atoms with Gasteiger partial charge >= 0.3 is 5.51 Å². The van der Waals surface area contributed by atoms with E-state index in [-0.39, 0.29) is 22.9 Å². The Balaban J connectivity index is 2.22. The lowest BCUT2D eigenvalue weighted by molar-refractivity contribution is -0.0436. The van der Waals surface area contributed by atoms with E-state index in [0.717, 1.165) is 12.1 Å². The highest BCUT2D eigenvalue weighted by Gasteiger charge is 2.48. The Hall–Kier alpha value is -2.02. The zero-order valence-electron chi connectivity index (χ0n) is 13.8. The van der Waals surface area contributed by atoms with Gasteiger partial charge in [0.1, 0.15) is 11.9 Å². The normalized spacial score (nSPS) is 14.5. The van der Waals surface area contributed by atoms with Crippen molar-refractivity contribution >= 4 is 44.4 Å². The Labute approximate surface area is 167 Å². The van der Waals surface area contributed by atoms with E-state index in [1.54, 1.807) is 6.07 Å². The van der Waals surface area contributed by atoms with Crippen molar-refractivity contribution in [3.05, 3.63) is 51.3 Å². The number of sulfone groups is 1. The standard InChI is InChI=1S/C17H10Cl2F4N2O2S/c18-10-6-9-2-1-5-25(16(9)12(20)7-10)13-3-4-14(11(8-24)15(13)19)28(26,27)17(21,22)23/h3-4,6-7H,1-2,5H2. The average molecular weight is 453 g/mol. The number of aryl methyl sites for hydroxylation is 1. The minimum Gasteiger partial charge on any atom is -0.338 e. The second kappa shape index (κ2) is 7.10. The van der Waals surface area contributed by atoms with Crippen LogP contribution in [-0.2, 0) is 16.3 Å². The fraction of sp³-hybridized carbons (Fsp3) is 0.235. The van der Waals surface area contributed by atoms with E-state index in [1.165, 1.54) is 11.0 Å². The zero-order valence-corrected chi connectivity index (χ0v) is 16.1. The van der Waals surface area contributed by atoms with Gasteiger partial charge in [-0.15, -0.1) is 0 Å². The van der Waals surface area contributed by atoms with Crippen molar-refractivity contribution in [2.45, 2.75) is 23.2 Å². The van der Waals surface area contributed by atoms with Gasteiger partial charge in [0.05, 0.1) is 26.9 Å². The van der Waals surface area contributed by atoms with Gasteiger partial charge in [0.2, 0.25) is 0 Å². The number of hydrogen-bond acceptors (Lipinski definition) is 4. The minimum atomic E-state index is -5.78. The quantitative estimate of drug-likeness (QED) is 0.573. The summed E-state index contributed by atoms with van der Waals surface area (Å²) in [6, 6.07) is 5.75. The van der Waals surface area contributed by atoms with Gasteiger partial charge in [-0.2, -0.15) is 18.4 Å². The molecule has 2 aromatic carbocycles. The molecule has 1 aliphatic heterocycles. The van der Waals surface area contributed by atoms with E-state index in [4.69, 9.17) is 23.2 Å². The van der Waals surface area contributed by atoms with Crippen molar-refractivity contribution in [2.24, 2.45) is 0 Å². The summed E-state index contributed by atoms with van der Waals surface area (Å²) in [5.74, 6) is -0.663. The van der Waals surface area contributed by atoms with Gasteiger partial charge in [-0.05, 0) is 42.7 Å². The highest BCUT2D eigenvalue weighted by atomic mass is 35.5. The minimum absolute atomic E-state index is 0.0292. The van der Waals surface area contributed by atoms with Crippen LogP contribution in [0.4, 0.5) is 28.9 Å². The first-order valence-electron chi connectivity index (χ1n) is 7.78. The summed E-state index contributed by atoms with van der Waals surface area (Å²) in [7, 11) is -5.78. The number of anilines is 2. The number of alkyl halides is 3. The molecule has 0 bridgehead atoms. The van der Waals surface area contributed by atoms with Crippen molar-refractivity contribution in [1.82, 2.24) is 0 Å². The van der Waals surface area contributed by atoms with Crippen LogP contribution in [0.5, 0.6) is 0 Å². The van der Waals surface area contributed by atoms with Gasteiger partial charge in [0, 0.05) is 11.6 Å². The number of halogens is 6. The number of rotatable bonds is 2. The summed E-state index contributed by atoms with van der Waals surface area (Å²) in [6.45, 7) is 0.265. The lowest BCUT2D eigenvalue weighted by Gasteiger charge is -2.32. The Morgan fingerprint density at radius 1 is 1.18 bits per heavy atom. The molecular formula is C17H10Cl2F4N2O2S. The van der Waals surface area contributed by atoms with Gasteiger partial charge in [0.15, 0.2) is 0 Å². The molecule has 2 aromatic rings. The number of nitriles is 1. The molecular weight excluding hydrogens is 443 g/mol. The first-order chi connectivity index (χ1) is 13.0. The van der Waals surface area contributed by atoms with E-state index >= 15 is 0 Å². The molecule has 0 atom stereocenters. The molecule has 0 saturated heterocycles. The van der Waals surface area contributed by atoms with Crippen molar-refractivity contribution in [3.8, 4) is 6.07 Å². The SMILES string of the molecule is N#Cc1c(S(=O)(=O)C(F)(F)F)ccc(N2CCCc3cc(Cl)cc(F)c32)c1Cl. The molecule has 0 fully saturated rings. The molecule has 0 spiro atoms. The van der Waals surface area contributed by atoms with Crippen LogP contribution < -0.4 is 4.90 Å². The Morgan fingerprint density at radius 3 is 2.46 bits per heavy atom. The molecule has 0 aliphatic carbocycles. The number of benzene rings is 2. The summed E-state index contributed by atoms with van der Waals surface area (Å²) in [4.78, 5) is 0.155. The van der Waals surface area contributed by atoms with Crippen LogP contribution in [0.15, 0.2) is 29.2 Å². The lowest BCUT2D eigenvalue weighted by Crippen LogP contribution is -2.27. The molecule has 0 amide bonds. The molecule has 0 N–H and O–H groups in total. The molecule has 0 radical (unpaired) electrons. The van der Waals surface area contributed by atoms with Crippen LogP contribution in [-0.4, -0.2) is 20.5 Å². The van der Waals surface area contributed by atoms with Crippen molar-refractivity contribution in [3.63, 3.8) is 0 Å². The summed E-state index contributed by atoms with van der Waals surface area (Å²) in [5, 5.41) is 8.94. The largest absolute Gasteiger partial charge is 0.501 e. The summed E-state index contributed by atoms with van der Waals surface area (Å²) >= 11 is 12.0. The fourth-order valence-corrected chi connectivity index (χ4v) is 4.61. The number of nitrogens with zero attached hydrogens (tertiary/aromatic N) is 2. The molecule has 1 aliphatic rings. The smallest absolute Gasteiger partial charge is 0.338 e. The first kappa shape index (κ1) is 20.7. The van der Waals surface area contributed by atoms with E-state index in [1.807, 2.05) is 0 Å². The molecule has 4 nitrogen and oxygen atoms in total. The van der Waals surface area contributed by atoms with Crippen LogP contribution in [0.3, 0.4) is 0 Å². The van der Waals surface area contributed by atoms with Crippen LogP contribution in [0.1, 0.15) is 17.5 Å². The third-order valence-corrected chi connectivity index (χ3v) is 6.41. The molecule has 1 heterocycles. The Morgan fingerprint density at radius 2 is 1.86 bits per heavy atom. The van der Waals surface area contributed by atoms with Gasteiger partial charge < -0.3 is 4.90 Å². The van der Waals surface area contributed by atoms with E-state index < -0.39 is 36.6 Å². The van der Waals surface area contributed by atoms with E-state index in [0.29, 0.717) is 24.5 Å². The van der Waals surface area contributed by atoms with Gasteiger partial charge in [0.25, 0.3) is 9.84 Å². The number of fused-ring (bicyclic) bond motifs is 1. The van der Waals surface area contributed by atoms with Crippen LogP contribution in [0, 0.1) is 17.1 Å². The molecule has 28 heavy (non-hydrogen) atoms. The van der Waals surface area contributed by atoms with Gasteiger partial charge in [-0.3, -0.25) is 0 Å². The maximum Gasteiger partial charge on any atom is 0.501 e. The van der Waals surface area contributed by atoms with Crippen molar-refractivity contribution in [2.75, 3.05) is 11.4 Å². The summed E-state index contributed by atoms with van der Waals surface area (Å²) < 4.78 is 76.7. The maximum absolute atomic E-state index is 14.5. The predicted molar refractivity (Wildman–Crippen MR) is 96.1 cm³/mol. The fourth-order valence-electron chi connectivity index (χ4n) is 3.10. The second-order valence-corrected chi connectivity index (χ2v) is 8.71. The molecule has 0 aromatic heterocycles. The Kier molecular flexibility index (Phi) is 5.25. The van der Waals surface area contributed by atoms with Crippen molar-refractivity contribution < 1.29 is 26.0 Å². The average Bonchev–Trinajstić information content (AvgIpc) is 2.59. The third kappa shape index (κ3) is 3.30. The molecule has 3 rings (SSSR count). The topological polar surface area (TPSA) is 61.2 Å². The van der Waals surface area contributed by atoms with Crippen LogP contribution >= 0.6 is 23.2 Å². The highest BCUT2D eigenvalue weighted by molar-refractivity contribution is 7.92. The van der Waals surface area contributed by atoms with Gasteiger partial charge in [-0.1, -0.05) is 23.2 Å². The number of hydrogen-bond donors (Lipinski definition) is 0. The molecule has 11 heteroatoms.